The molecule has 6 nitrogen and oxygen atoms in total. The van der Waals surface area contributed by atoms with Gasteiger partial charge in [-0.2, -0.15) is 23.5 Å². The van der Waals surface area contributed by atoms with Crippen molar-refractivity contribution in [2.24, 2.45) is 5.73 Å². The van der Waals surface area contributed by atoms with Gasteiger partial charge in [0.1, 0.15) is 12.0 Å². The van der Waals surface area contributed by atoms with Crippen molar-refractivity contribution in [2.75, 3.05) is 20.1 Å². The van der Waals surface area contributed by atoms with Crippen LogP contribution in [0.25, 0.3) is 10.6 Å². The Bertz CT molecular complexity index is 999. The summed E-state index contributed by atoms with van der Waals surface area (Å²) in [7, 11) is 1.99. The maximum absolute atomic E-state index is 12.8. The largest absolute Gasteiger partial charge is 0.408 e. The predicted octanol–water partition coefficient (Wildman–Crippen LogP) is 3.53. The number of thioether (sulfide) groups is 1. The van der Waals surface area contributed by atoms with Gasteiger partial charge in [-0.3, -0.25) is 9.58 Å². The minimum absolute atomic E-state index is 0.0131. The van der Waals surface area contributed by atoms with E-state index in [2.05, 4.69) is 21.0 Å². The minimum Gasteiger partial charge on any atom is -0.348 e. The summed E-state index contributed by atoms with van der Waals surface area (Å²) < 4.78 is 39.4. The van der Waals surface area contributed by atoms with Gasteiger partial charge in [0, 0.05) is 42.8 Å². The molecule has 1 aromatic carbocycles. The normalized spacial score (nSPS) is 21.0. The van der Waals surface area contributed by atoms with Crippen molar-refractivity contribution >= 4 is 22.4 Å². The topological polar surface area (TPSA) is 74.1 Å². The van der Waals surface area contributed by atoms with Crippen LogP contribution in [0.1, 0.15) is 29.5 Å². The van der Waals surface area contributed by atoms with Gasteiger partial charge in [0.25, 0.3) is 0 Å². The molecule has 4 rings (SSSR count). The first-order valence-corrected chi connectivity index (χ1v) is 10.9. The van der Waals surface area contributed by atoms with Crippen LogP contribution in [-0.4, -0.2) is 57.4 Å². The van der Waals surface area contributed by atoms with Gasteiger partial charge in [0.15, 0.2) is 0 Å². The molecule has 0 bridgehead atoms. The monoisotopic (exact) mass is 448 g/mol. The summed E-state index contributed by atoms with van der Waals surface area (Å²) in [5.74, 6) is 0. The number of hydrogen-bond acceptors (Lipinski definition) is 6. The van der Waals surface area contributed by atoms with E-state index in [0.29, 0.717) is 11.1 Å². The molecule has 31 heavy (non-hydrogen) atoms. The number of hydrogen-bond donors (Lipinski definition) is 1. The third kappa shape index (κ3) is 4.74. The van der Waals surface area contributed by atoms with Crippen LogP contribution in [0.4, 0.5) is 13.2 Å². The van der Waals surface area contributed by atoms with Crippen molar-refractivity contribution in [1.29, 1.82) is 5.26 Å². The molecule has 2 aliphatic rings. The fourth-order valence-corrected chi connectivity index (χ4v) is 5.41. The van der Waals surface area contributed by atoms with Gasteiger partial charge < -0.3 is 10.6 Å². The maximum atomic E-state index is 12.8. The molecule has 0 radical (unpaired) electrons. The van der Waals surface area contributed by atoms with Crippen LogP contribution in [0.15, 0.2) is 36.7 Å². The standard InChI is InChI=1S/C21H23F3N6S/c1-28-18(15-4-2-14(10-25)3-5-15)19(16-11-27-30(12-16)13-21(22,23)24)31-20(28)29-8-6-17(26)7-9-29/h2-5,11-12,17,20H,6-9,13,26H2,1H3. The molecular formula is C21H23F3N6S. The molecular weight excluding hydrogens is 425 g/mol. The van der Waals surface area contributed by atoms with Crippen LogP contribution < -0.4 is 5.73 Å². The first-order valence-electron chi connectivity index (χ1n) is 9.98. The van der Waals surface area contributed by atoms with E-state index < -0.39 is 12.7 Å². The quantitative estimate of drug-likeness (QED) is 0.772. The smallest absolute Gasteiger partial charge is 0.348 e. The van der Waals surface area contributed by atoms with E-state index in [9.17, 15) is 13.2 Å². The molecule has 2 aromatic rings. The van der Waals surface area contributed by atoms with Crippen molar-refractivity contribution < 1.29 is 13.2 Å². The van der Waals surface area contributed by atoms with E-state index in [1.165, 1.54) is 12.4 Å². The Hall–Kier alpha value is -2.48. The van der Waals surface area contributed by atoms with Crippen molar-refractivity contribution in [1.82, 2.24) is 19.6 Å². The number of halogens is 3. The van der Waals surface area contributed by atoms with Crippen LogP contribution in [0.5, 0.6) is 0 Å². The molecule has 0 spiro atoms. The summed E-state index contributed by atoms with van der Waals surface area (Å²) in [6.45, 7) is 0.606. The first kappa shape index (κ1) is 21.7. The summed E-state index contributed by atoms with van der Waals surface area (Å²) in [5, 5.41) is 13.0. The molecule has 1 aromatic heterocycles. The van der Waals surface area contributed by atoms with Crippen LogP contribution in [-0.2, 0) is 6.54 Å². The highest BCUT2D eigenvalue weighted by atomic mass is 32.2. The summed E-state index contributed by atoms with van der Waals surface area (Å²) in [5.41, 5.74) is 9.10. The number of likely N-dealkylation sites (tertiary alicyclic amines) is 1. The first-order chi connectivity index (χ1) is 14.7. The molecule has 10 heteroatoms. The van der Waals surface area contributed by atoms with Crippen LogP contribution in [0, 0.1) is 11.3 Å². The van der Waals surface area contributed by atoms with Crippen molar-refractivity contribution in [3.05, 3.63) is 53.3 Å². The number of aromatic nitrogens is 2. The fourth-order valence-electron chi connectivity index (χ4n) is 3.96. The van der Waals surface area contributed by atoms with Crippen LogP contribution in [0.2, 0.25) is 0 Å². The fraction of sp³-hybridized carbons (Fsp3) is 0.429. The Morgan fingerprint density at radius 2 is 1.87 bits per heavy atom. The zero-order chi connectivity index (χ0) is 22.2. The lowest BCUT2D eigenvalue weighted by Gasteiger charge is -2.38. The molecule has 2 aliphatic heterocycles. The number of nitriles is 1. The highest BCUT2D eigenvalue weighted by Crippen LogP contribution is 2.48. The van der Waals surface area contributed by atoms with Gasteiger partial charge in [-0.15, -0.1) is 0 Å². The molecule has 164 valence electrons. The van der Waals surface area contributed by atoms with Gasteiger partial charge in [0.05, 0.1) is 23.5 Å². The number of nitrogens with two attached hydrogens (primary N) is 1. The lowest BCUT2D eigenvalue weighted by atomic mass is 10.1. The van der Waals surface area contributed by atoms with Crippen molar-refractivity contribution in [3.63, 3.8) is 0 Å². The van der Waals surface area contributed by atoms with E-state index >= 15 is 0 Å². The van der Waals surface area contributed by atoms with E-state index in [0.717, 1.165) is 46.8 Å². The number of benzene rings is 1. The van der Waals surface area contributed by atoms with E-state index in [-0.39, 0.29) is 11.5 Å². The number of alkyl halides is 3. The second-order valence-corrected chi connectivity index (χ2v) is 8.90. The van der Waals surface area contributed by atoms with Gasteiger partial charge in [-0.25, -0.2) is 0 Å². The van der Waals surface area contributed by atoms with Gasteiger partial charge >= 0.3 is 6.18 Å². The summed E-state index contributed by atoms with van der Waals surface area (Å²) >= 11 is 1.61. The summed E-state index contributed by atoms with van der Waals surface area (Å²) in [4.78, 5) is 5.38. The van der Waals surface area contributed by atoms with E-state index in [1.807, 2.05) is 19.2 Å². The molecule has 3 heterocycles. The number of piperidine rings is 1. The average Bonchev–Trinajstić information content (AvgIpc) is 3.31. The second kappa shape index (κ2) is 8.57. The molecule has 0 saturated carbocycles. The molecule has 0 aliphatic carbocycles. The molecule has 1 saturated heterocycles. The highest BCUT2D eigenvalue weighted by Gasteiger charge is 2.37. The Morgan fingerprint density at radius 1 is 1.19 bits per heavy atom. The number of nitrogens with zero attached hydrogens (tertiary/aromatic N) is 5. The zero-order valence-electron chi connectivity index (χ0n) is 17.0. The van der Waals surface area contributed by atoms with Gasteiger partial charge in [0.2, 0.25) is 0 Å². The summed E-state index contributed by atoms with van der Waals surface area (Å²) in [6, 6.07) is 9.57. The molecule has 2 N–H and O–H groups in total. The van der Waals surface area contributed by atoms with E-state index in [4.69, 9.17) is 11.0 Å². The molecule has 0 amide bonds. The molecule has 1 atom stereocenters. The van der Waals surface area contributed by atoms with Gasteiger partial charge in [-0.05, 0) is 30.5 Å². The minimum atomic E-state index is -4.33. The Kier molecular flexibility index (Phi) is 6.01. The molecule has 1 unspecified atom stereocenters. The summed E-state index contributed by atoms with van der Waals surface area (Å²) in [6.07, 6.45) is 0.427. The lowest BCUT2D eigenvalue weighted by molar-refractivity contribution is -0.142. The third-order valence-electron chi connectivity index (χ3n) is 5.53. The maximum Gasteiger partial charge on any atom is 0.408 e. The van der Waals surface area contributed by atoms with Crippen LogP contribution >= 0.6 is 11.8 Å². The number of rotatable bonds is 4. The Balaban J connectivity index is 1.69. The predicted molar refractivity (Wildman–Crippen MR) is 114 cm³/mol. The SMILES string of the molecule is CN1C(c2ccc(C#N)cc2)=C(c2cnn(CC(F)(F)F)c2)SC1N1CCC(N)CC1. The van der Waals surface area contributed by atoms with Gasteiger partial charge in [-0.1, -0.05) is 23.9 Å². The average molecular weight is 449 g/mol. The van der Waals surface area contributed by atoms with Crippen molar-refractivity contribution in [3.8, 4) is 6.07 Å². The second-order valence-electron chi connectivity index (χ2n) is 7.84. The lowest BCUT2D eigenvalue weighted by Crippen LogP contribution is -2.48. The zero-order valence-corrected chi connectivity index (χ0v) is 17.8. The van der Waals surface area contributed by atoms with Crippen LogP contribution in [0.3, 0.4) is 0 Å². The van der Waals surface area contributed by atoms with Crippen molar-refractivity contribution in [2.45, 2.75) is 37.1 Å². The van der Waals surface area contributed by atoms with E-state index in [1.54, 1.807) is 23.9 Å². The molecule has 1 fully saturated rings. The Labute approximate surface area is 183 Å². The Morgan fingerprint density at radius 3 is 2.48 bits per heavy atom. The third-order valence-corrected chi connectivity index (χ3v) is 7.02. The highest BCUT2D eigenvalue weighted by molar-refractivity contribution is 8.09.